The highest BCUT2D eigenvalue weighted by atomic mass is 32.2. The molecule has 31 heavy (non-hydrogen) atoms. The molecule has 1 saturated heterocycles. The molecule has 1 aliphatic heterocycles. The van der Waals surface area contributed by atoms with Gasteiger partial charge in [0.15, 0.2) is 0 Å². The van der Waals surface area contributed by atoms with Crippen molar-refractivity contribution in [3.8, 4) is 5.75 Å². The van der Waals surface area contributed by atoms with E-state index in [4.69, 9.17) is 4.74 Å². The Morgan fingerprint density at radius 1 is 0.903 bits per heavy atom. The van der Waals surface area contributed by atoms with Crippen LogP contribution in [0.1, 0.15) is 24.3 Å². The molecule has 1 unspecified atom stereocenters. The van der Waals surface area contributed by atoms with Crippen LogP contribution in [0.4, 0.5) is 11.4 Å². The third-order valence-corrected chi connectivity index (χ3v) is 6.24. The van der Waals surface area contributed by atoms with Crippen LogP contribution < -0.4 is 14.2 Å². The molecule has 0 aliphatic carbocycles. The van der Waals surface area contributed by atoms with Gasteiger partial charge < -0.3 is 4.74 Å². The SMILES string of the molecule is CS(=O)(=O)Nc1ccc(OCCN2CCCC(c3ccc(NS(C)(=O)=O)cc3)C2)cc1. The molecule has 1 fully saturated rings. The van der Waals surface area contributed by atoms with Crippen LogP contribution in [-0.4, -0.2) is 60.5 Å². The first-order valence-corrected chi connectivity index (χ1v) is 13.9. The van der Waals surface area contributed by atoms with Crippen molar-refractivity contribution in [3.05, 3.63) is 54.1 Å². The molecule has 0 bridgehead atoms. The number of nitrogens with one attached hydrogen (secondary N) is 2. The Morgan fingerprint density at radius 2 is 1.45 bits per heavy atom. The number of hydrogen-bond donors (Lipinski definition) is 2. The smallest absolute Gasteiger partial charge is 0.229 e. The summed E-state index contributed by atoms with van der Waals surface area (Å²) < 4.78 is 55.9. The lowest BCUT2D eigenvalue weighted by Gasteiger charge is -2.33. The van der Waals surface area contributed by atoms with E-state index in [-0.39, 0.29) is 0 Å². The number of likely N-dealkylation sites (tertiary alicyclic amines) is 1. The fourth-order valence-corrected chi connectivity index (χ4v) is 4.82. The molecule has 170 valence electrons. The van der Waals surface area contributed by atoms with Crippen LogP contribution in [0.2, 0.25) is 0 Å². The zero-order chi connectivity index (χ0) is 22.5. The highest BCUT2D eigenvalue weighted by Crippen LogP contribution is 2.28. The van der Waals surface area contributed by atoms with Crippen molar-refractivity contribution in [1.29, 1.82) is 0 Å². The van der Waals surface area contributed by atoms with Gasteiger partial charge in [-0.15, -0.1) is 0 Å². The first kappa shape index (κ1) is 23.4. The zero-order valence-corrected chi connectivity index (χ0v) is 19.4. The third kappa shape index (κ3) is 8.04. The van der Waals surface area contributed by atoms with E-state index >= 15 is 0 Å². The van der Waals surface area contributed by atoms with Crippen molar-refractivity contribution in [1.82, 2.24) is 4.90 Å². The Balaban J connectivity index is 1.48. The van der Waals surface area contributed by atoms with E-state index in [1.54, 1.807) is 36.4 Å². The number of nitrogens with zero attached hydrogens (tertiary/aromatic N) is 1. The highest BCUT2D eigenvalue weighted by molar-refractivity contribution is 7.92. The lowest BCUT2D eigenvalue weighted by Crippen LogP contribution is -2.37. The summed E-state index contributed by atoms with van der Waals surface area (Å²) in [6.45, 7) is 3.29. The summed E-state index contributed by atoms with van der Waals surface area (Å²) in [4.78, 5) is 2.37. The molecular weight excluding hydrogens is 438 g/mol. The second kappa shape index (κ2) is 9.88. The van der Waals surface area contributed by atoms with E-state index in [0.29, 0.717) is 29.6 Å². The van der Waals surface area contributed by atoms with Crippen molar-refractivity contribution in [2.45, 2.75) is 18.8 Å². The molecule has 2 N–H and O–H groups in total. The predicted octanol–water partition coefficient (Wildman–Crippen LogP) is 2.69. The predicted molar refractivity (Wildman–Crippen MR) is 124 cm³/mol. The maximum absolute atomic E-state index is 11.3. The van der Waals surface area contributed by atoms with Gasteiger partial charge in [-0.25, -0.2) is 16.8 Å². The van der Waals surface area contributed by atoms with Crippen LogP contribution in [0, 0.1) is 0 Å². The van der Waals surface area contributed by atoms with Crippen LogP contribution >= 0.6 is 0 Å². The molecule has 3 rings (SSSR count). The van der Waals surface area contributed by atoms with Crippen LogP contribution in [0.25, 0.3) is 0 Å². The minimum Gasteiger partial charge on any atom is -0.492 e. The van der Waals surface area contributed by atoms with E-state index in [1.807, 2.05) is 12.1 Å². The molecule has 0 amide bonds. The van der Waals surface area contributed by atoms with Gasteiger partial charge in [-0.2, -0.15) is 0 Å². The summed E-state index contributed by atoms with van der Waals surface area (Å²) in [6.07, 6.45) is 4.46. The van der Waals surface area contributed by atoms with E-state index in [0.717, 1.165) is 45.0 Å². The van der Waals surface area contributed by atoms with Gasteiger partial charge >= 0.3 is 0 Å². The fourth-order valence-electron chi connectivity index (χ4n) is 3.69. The van der Waals surface area contributed by atoms with Gasteiger partial charge in [0.2, 0.25) is 20.0 Å². The lowest BCUT2D eigenvalue weighted by molar-refractivity contribution is 0.170. The Morgan fingerprint density at radius 3 is 2.00 bits per heavy atom. The number of benzene rings is 2. The monoisotopic (exact) mass is 467 g/mol. The molecular formula is C21H29N3O5S2. The fraction of sp³-hybridized carbons (Fsp3) is 0.429. The standard InChI is InChI=1S/C21H29N3O5S2/c1-30(25,26)22-19-7-5-17(6-8-19)18-4-3-13-24(16-18)14-15-29-21-11-9-20(10-12-21)23-31(2,27)28/h5-12,18,22-23H,3-4,13-16H2,1-2H3. The molecule has 2 aromatic carbocycles. The van der Waals surface area contributed by atoms with Crippen molar-refractivity contribution in [3.63, 3.8) is 0 Å². The van der Waals surface area contributed by atoms with Crippen molar-refractivity contribution in [2.24, 2.45) is 0 Å². The highest BCUT2D eigenvalue weighted by Gasteiger charge is 2.21. The number of piperidine rings is 1. The Bertz CT molecular complexity index is 1070. The molecule has 1 heterocycles. The summed E-state index contributed by atoms with van der Waals surface area (Å²) in [7, 11) is -6.56. The first-order valence-electron chi connectivity index (χ1n) is 10.1. The molecule has 10 heteroatoms. The minimum absolute atomic E-state index is 0.405. The number of hydrogen-bond acceptors (Lipinski definition) is 6. The molecule has 0 saturated carbocycles. The largest absolute Gasteiger partial charge is 0.492 e. The zero-order valence-electron chi connectivity index (χ0n) is 17.7. The van der Waals surface area contributed by atoms with Gasteiger partial charge in [0.05, 0.1) is 12.5 Å². The van der Waals surface area contributed by atoms with Gasteiger partial charge in [-0.3, -0.25) is 14.3 Å². The molecule has 0 spiro atoms. The average Bonchev–Trinajstić information content (AvgIpc) is 2.68. The van der Waals surface area contributed by atoms with Gasteiger partial charge in [-0.05, 0) is 67.3 Å². The molecule has 2 aromatic rings. The quantitative estimate of drug-likeness (QED) is 0.588. The summed E-state index contributed by atoms with van der Waals surface area (Å²) in [5, 5.41) is 0. The molecule has 0 aromatic heterocycles. The van der Waals surface area contributed by atoms with Gasteiger partial charge in [-0.1, -0.05) is 12.1 Å². The van der Waals surface area contributed by atoms with E-state index in [2.05, 4.69) is 14.3 Å². The third-order valence-electron chi connectivity index (χ3n) is 5.02. The van der Waals surface area contributed by atoms with E-state index in [9.17, 15) is 16.8 Å². The second-order valence-corrected chi connectivity index (χ2v) is 11.4. The van der Waals surface area contributed by atoms with Crippen molar-refractivity contribution >= 4 is 31.4 Å². The van der Waals surface area contributed by atoms with Crippen LogP contribution in [0.3, 0.4) is 0 Å². The maximum atomic E-state index is 11.3. The molecule has 8 nitrogen and oxygen atoms in total. The number of anilines is 2. The number of rotatable bonds is 9. The maximum Gasteiger partial charge on any atom is 0.229 e. The Labute approximate surface area is 184 Å². The van der Waals surface area contributed by atoms with E-state index in [1.165, 1.54) is 5.56 Å². The topological polar surface area (TPSA) is 105 Å². The Kier molecular flexibility index (Phi) is 7.45. The minimum atomic E-state index is -3.29. The molecule has 0 radical (unpaired) electrons. The summed E-state index contributed by atoms with van der Waals surface area (Å²) in [5.74, 6) is 1.10. The van der Waals surface area contributed by atoms with Crippen LogP contribution in [0.5, 0.6) is 5.75 Å². The summed E-state index contributed by atoms with van der Waals surface area (Å²) in [6, 6.07) is 14.4. The molecule has 1 atom stereocenters. The van der Waals surface area contributed by atoms with E-state index < -0.39 is 20.0 Å². The first-order chi connectivity index (χ1) is 14.6. The van der Waals surface area contributed by atoms with Crippen molar-refractivity contribution in [2.75, 3.05) is 48.2 Å². The normalized spacial score (nSPS) is 17.8. The summed E-state index contributed by atoms with van der Waals surface area (Å²) in [5.41, 5.74) is 2.29. The van der Waals surface area contributed by atoms with Gasteiger partial charge in [0.1, 0.15) is 12.4 Å². The number of ether oxygens (including phenoxy) is 1. The van der Waals surface area contributed by atoms with Gasteiger partial charge in [0, 0.05) is 24.5 Å². The van der Waals surface area contributed by atoms with Crippen molar-refractivity contribution < 1.29 is 21.6 Å². The lowest BCUT2D eigenvalue weighted by atomic mass is 9.90. The number of sulfonamides is 2. The summed E-state index contributed by atoms with van der Waals surface area (Å²) >= 11 is 0. The van der Waals surface area contributed by atoms with Gasteiger partial charge in [0.25, 0.3) is 0 Å². The second-order valence-electron chi connectivity index (χ2n) is 7.88. The molecule has 1 aliphatic rings. The average molecular weight is 468 g/mol. The van der Waals surface area contributed by atoms with Crippen LogP contribution in [-0.2, 0) is 20.0 Å². The van der Waals surface area contributed by atoms with Crippen LogP contribution in [0.15, 0.2) is 48.5 Å². The Hall–Kier alpha value is -2.30.